The first-order valence-corrected chi connectivity index (χ1v) is 9.40. The van der Waals surface area contributed by atoms with E-state index in [0.717, 1.165) is 42.6 Å². The van der Waals surface area contributed by atoms with Gasteiger partial charge in [-0.15, -0.1) is 11.3 Å². The van der Waals surface area contributed by atoms with Crippen molar-refractivity contribution in [3.8, 4) is 0 Å². The average Bonchev–Trinajstić information content (AvgIpc) is 3.10. The summed E-state index contributed by atoms with van der Waals surface area (Å²) in [4.78, 5) is 13.4. The molecule has 5 nitrogen and oxygen atoms in total. The zero-order chi connectivity index (χ0) is 17.8. The number of hydrogen-bond donors (Lipinski definition) is 1. The van der Waals surface area contributed by atoms with Crippen molar-refractivity contribution in [2.75, 3.05) is 31.1 Å². The number of anilines is 1. The Morgan fingerprint density at radius 3 is 2.52 bits per heavy atom. The molecule has 7 heteroatoms. The molecular formula is C18H24FN5S. The highest BCUT2D eigenvalue weighted by Gasteiger charge is 2.18. The van der Waals surface area contributed by atoms with Crippen LogP contribution in [0.1, 0.15) is 30.5 Å². The lowest BCUT2D eigenvalue weighted by molar-refractivity contribution is 0.380. The second-order valence-electron chi connectivity index (χ2n) is 6.45. The SMILES string of the molecule is CC(C)c1csc(CN=C(N)N2CCN(c3ccc(F)cc3)CC2)n1. The summed E-state index contributed by atoms with van der Waals surface area (Å²) in [5.41, 5.74) is 8.31. The Morgan fingerprint density at radius 2 is 1.92 bits per heavy atom. The van der Waals surface area contributed by atoms with Gasteiger partial charge in [-0.25, -0.2) is 14.4 Å². The van der Waals surface area contributed by atoms with Gasteiger partial charge in [-0.1, -0.05) is 13.8 Å². The van der Waals surface area contributed by atoms with Gasteiger partial charge in [0.05, 0.1) is 12.2 Å². The molecule has 0 spiro atoms. The van der Waals surface area contributed by atoms with Gasteiger partial charge in [0.1, 0.15) is 10.8 Å². The van der Waals surface area contributed by atoms with Gasteiger partial charge in [0.25, 0.3) is 0 Å². The number of nitrogens with two attached hydrogens (primary N) is 1. The minimum Gasteiger partial charge on any atom is -0.370 e. The van der Waals surface area contributed by atoms with Crippen molar-refractivity contribution < 1.29 is 4.39 Å². The number of nitrogens with zero attached hydrogens (tertiary/aromatic N) is 4. The normalized spacial score (nSPS) is 15.9. The van der Waals surface area contributed by atoms with Gasteiger partial charge in [0.2, 0.25) is 0 Å². The van der Waals surface area contributed by atoms with E-state index in [0.29, 0.717) is 18.4 Å². The molecule has 0 radical (unpaired) electrons. The number of benzene rings is 1. The predicted molar refractivity (Wildman–Crippen MR) is 102 cm³/mol. The molecule has 1 saturated heterocycles. The van der Waals surface area contributed by atoms with Gasteiger partial charge in [-0.05, 0) is 30.2 Å². The molecule has 1 fully saturated rings. The molecule has 0 saturated carbocycles. The van der Waals surface area contributed by atoms with Crippen LogP contribution in [0.5, 0.6) is 0 Å². The topological polar surface area (TPSA) is 57.8 Å². The number of halogens is 1. The number of guanidine groups is 1. The van der Waals surface area contributed by atoms with Crippen LogP contribution in [0.25, 0.3) is 0 Å². The van der Waals surface area contributed by atoms with Gasteiger partial charge in [0.15, 0.2) is 5.96 Å². The zero-order valence-electron chi connectivity index (χ0n) is 14.7. The van der Waals surface area contributed by atoms with Crippen LogP contribution in [0, 0.1) is 5.82 Å². The minimum atomic E-state index is -0.207. The zero-order valence-corrected chi connectivity index (χ0v) is 15.5. The van der Waals surface area contributed by atoms with Crippen molar-refractivity contribution in [1.82, 2.24) is 9.88 Å². The quantitative estimate of drug-likeness (QED) is 0.672. The molecule has 0 unspecified atom stereocenters. The third-order valence-corrected chi connectivity index (χ3v) is 5.18. The number of hydrogen-bond acceptors (Lipinski definition) is 4. The molecule has 3 rings (SSSR count). The van der Waals surface area contributed by atoms with Crippen molar-refractivity contribution in [2.24, 2.45) is 10.7 Å². The van der Waals surface area contributed by atoms with Crippen molar-refractivity contribution in [2.45, 2.75) is 26.3 Å². The maximum absolute atomic E-state index is 13.0. The van der Waals surface area contributed by atoms with Crippen LogP contribution >= 0.6 is 11.3 Å². The molecule has 0 aliphatic carbocycles. The summed E-state index contributed by atoms with van der Waals surface area (Å²) in [5.74, 6) is 0.799. The first-order chi connectivity index (χ1) is 12.0. The summed E-state index contributed by atoms with van der Waals surface area (Å²) in [6, 6.07) is 6.63. The van der Waals surface area contributed by atoms with E-state index in [-0.39, 0.29) is 5.82 Å². The highest BCUT2D eigenvalue weighted by atomic mass is 32.1. The molecule has 1 aromatic carbocycles. The van der Waals surface area contributed by atoms with E-state index in [1.54, 1.807) is 11.3 Å². The fraction of sp³-hybridized carbons (Fsp3) is 0.444. The van der Waals surface area contributed by atoms with Crippen molar-refractivity contribution in [3.05, 3.63) is 46.2 Å². The first-order valence-electron chi connectivity index (χ1n) is 8.52. The molecule has 25 heavy (non-hydrogen) atoms. The lowest BCUT2D eigenvalue weighted by atomic mass is 10.2. The Kier molecular flexibility index (Phi) is 5.53. The van der Waals surface area contributed by atoms with E-state index in [9.17, 15) is 4.39 Å². The Morgan fingerprint density at radius 1 is 1.24 bits per heavy atom. The highest BCUT2D eigenvalue weighted by molar-refractivity contribution is 7.09. The Bertz CT molecular complexity index is 717. The number of thiazole rings is 1. The summed E-state index contributed by atoms with van der Waals surface area (Å²) in [5, 5.41) is 3.09. The number of piperazine rings is 1. The Hall–Kier alpha value is -2.15. The predicted octanol–water partition coefficient (Wildman–Crippen LogP) is 3.04. The molecule has 1 aromatic heterocycles. The third kappa shape index (κ3) is 4.48. The van der Waals surface area contributed by atoms with E-state index in [2.05, 4.69) is 39.0 Å². The summed E-state index contributed by atoms with van der Waals surface area (Å²) in [6.45, 7) is 8.10. The molecule has 1 aliphatic rings. The summed E-state index contributed by atoms with van der Waals surface area (Å²) < 4.78 is 13.0. The number of rotatable bonds is 4. The molecule has 0 amide bonds. The van der Waals surface area contributed by atoms with E-state index in [1.165, 1.54) is 12.1 Å². The second kappa shape index (κ2) is 7.82. The van der Waals surface area contributed by atoms with Gasteiger partial charge < -0.3 is 15.5 Å². The van der Waals surface area contributed by atoms with Crippen LogP contribution in [0.4, 0.5) is 10.1 Å². The van der Waals surface area contributed by atoms with E-state index < -0.39 is 0 Å². The van der Waals surface area contributed by atoms with Crippen molar-refractivity contribution in [3.63, 3.8) is 0 Å². The average molecular weight is 361 g/mol. The van der Waals surface area contributed by atoms with E-state index >= 15 is 0 Å². The minimum absolute atomic E-state index is 0.207. The molecular weight excluding hydrogens is 337 g/mol. The van der Waals surface area contributed by atoms with Gasteiger partial charge in [-0.3, -0.25) is 0 Å². The summed E-state index contributed by atoms with van der Waals surface area (Å²) in [6.07, 6.45) is 0. The van der Waals surface area contributed by atoms with Crippen molar-refractivity contribution >= 4 is 23.0 Å². The molecule has 0 bridgehead atoms. The second-order valence-corrected chi connectivity index (χ2v) is 7.39. The van der Waals surface area contributed by atoms with Gasteiger partial charge in [0, 0.05) is 37.2 Å². The molecule has 2 aromatic rings. The van der Waals surface area contributed by atoms with E-state index in [4.69, 9.17) is 5.73 Å². The van der Waals surface area contributed by atoms with Crippen LogP contribution in [-0.2, 0) is 6.54 Å². The smallest absolute Gasteiger partial charge is 0.191 e. The fourth-order valence-corrected chi connectivity index (χ4v) is 3.64. The lowest BCUT2D eigenvalue weighted by Gasteiger charge is -2.36. The van der Waals surface area contributed by atoms with Crippen molar-refractivity contribution in [1.29, 1.82) is 0 Å². The van der Waals surface area contributed by atoms with Crippen LogP contribution in [0.15, 0.2) is 34.6 Å². The van der Waals surface area contributed by atoms with Crippen LogP contribution in [0.2, 0.25) is 0 Å². The maximum Gasteiger partial charge on any atom is 0.191 e. The van der Waals surface area contributed by atoms with Gasteiger partial charge in [-0.2, -0.15) is 0 Å². The van der Waals surface area contributed by atoms with Crippen LogP contribution in [-0.4, -0.2) is 42.0 Å². The molecule has 2 N–H and O–H groups in total. The molecule has 134 valence electrons. The van der Waals surface area contributed by atoms with Crippen LogP contribution in [0.3, 0.4) is 0 Å². The fourth-order valence-electron chi connectivity index (χ4n) is 2.76. The largest absolute Gasteiger partial charge is 0.370 e. The number of aromatic nitrogens is 1. The number of aliphatic imine (C=N–C) groups is 1. The lowest BCUT2D eigenvalue weighted by Crippen LogP contribution is -2.51. The highest BCUT2D eigenvalue weighted by Crippen LogP contribution is 2.19. The summed E-state index contributed by atoms with van der Waals surface area (Å²) >= 11 is 1.63. The van der Waals surface area contributed by atoms with Crippen LogP contribution < -0.4 is 10.6 Å². The third-order valence-electron chi connectivity index (χ3n) is 4.33. The first kappa shape index (κ1) is 17.7. The standard InChI is InChI=1S/C18H24FN5S/c1-13(2)16-12-25-17(22-16)11-21-18(20)24-9-7-23(8-10-24)15-5-3-14(19)4-6-15/h3-6,12-13H,7-11H2,1-2H3,(H2,20,21). The molecule has 0 atom stereocenters. The monoisotopic (exact) mass is 361 g/mol. The Balaban J connectivity index is 1.53. The van der Waals surface area contributed by atoms with E-state index in [1.807, 2.05) is 12.1 Å². The van der Waals surface area contributed by atoms with Gasteiger partial charge >= 0.3 is 0 Å². The maximum atomic E-state index is 13.0. The molecule has 2 heterocycles. The summed E-state index contributed by atoms with van der Waals surface area (Å²) in [7, 11) is 0. The molecule has 1 aliphatic heterocycles. The Labute approximate surface area is 152 Å².